The van der Waals surface area contributed by atoms with Gasteiger partial charge in [-0.15, -0.1) is 0 Å². The van der Waals surface area contributed by atoms with Crippen LogP contribution < -0.4 is 20.9 Å². The van der Waals surface area contributed by atoms with Gasteiger partial charge in [0.1, 0.15) is 5.75 Å². The van der Waals surface area contributed by atoms with E-state index in [1.807, 2.05) is 6.92 Å². The molecule has 0 unspecified atom stereocenters. The Bertz CT molecular complexity index is 684. The Morgan fingerprint density at radius 1 is 1.19 bits per heavy atom. The molecule has 0 spiro atoms. The van der Waals surface area contributed by atoms with E-state index in [0.717, 1.165) is 6.42 Å². The van der Waals surface area contributed by atoms with Gasteiger partial charge in [-0.05, 0) is 52.8 Å². The summed E-state index contributed by atoms with van der Waals surface area (Å²) in [6.45, 7) is 2.21. The fraction of sp³-hybridized carbons (Fsp3) is 0.375. The van der Waals surface area contributed by atoms with Crippen LogP contribution in [0, 0.1) is 0 Å². The number of methoxy groups -OCH3 is 1. The quantitative estimate of drug-likeness (QED) is 0.333. The summed E-state index contributed by atoms with van der Waals surface area (Å²) in [4.78, 5) is 35.0. The van der Waals surface area contributed by atoms with Crippen LogP contribution in [0.1, 0.15) is 36.5 Å². The lowest BCUT2D eigenvalue weighted by Crippen LogP contribution is -2.48. The smallest absolute Gasteiger partial charge is 0.306 e. The number of ether oxygens (including phenoxy) is 2. The molecule has 0 aliphatic rings. The highest BCUT2D eigenvalue weighted by Gasteiger charge is 2.11. The number of thiocarbonyl (C=S) groups is 1. The van der Waals surface area contributed by atoms with E-state index in [1.165, 1.54) is 7.11 Å². The topological polar surface area (TPSA) is 106 Å². The molecule has 0 saturated carbocycles. The molecule has 10 heteroatoms. The van der Waals surface area contributed by atoms with Crippen molar-refractivity contribution in [3.8, 4) is 5.75 Å². The third-order valence-corrected chi connectivity index (χ3v) is 3.80. The second kappa shape index (κ2) is 11.4. The van der Waals surface area contributed by atoms with Gasteiger partial charge in [0.05, 0.1) is 24.6 Å². The van der Waals surface area contributed by atoms with Crippen LogP contribution in [0.15, 0.2) is 22.7 Å². The lowest BCUT2D eigenvalue weighted by molar-refractivity contribution is -0.144. The van der Waals surface area contributed by atoms with Crippen LogP contribution in [0.2, 0.25) is 0 Å². The van der Waals surface area contributed by atoms with Crippen molar-refractivity contribution < 1.29 is 23.9 Å². The molecule has 0 radical (unpaired) electrons. The second-order valence-electron chi connectivity index (χ2n) is 5.03. The average Bonchev–Trinajstić information content (AvgIpc) is 2.62. The molecule has 0 aromatic heterocycles. The van der Waals surface area contributed by atoms with Crippen molar-refractivity contribution in [1.82, 2.24) is 16.2 Å². The van der Waals surface area contributed by atoms with E-state index in [1.54, 1.807) is 18.2 Å². The largest absolute Gasteiger partial charge is 0.496 e. The zero-order valence-electron chi connectivity index (χ0n) is 14.4. The number of amides is 2. The first kappa shape index (κ1) is 21.8. The number of halogens is 1. The number of carbonyl (C=O) groups is 3. The minimum Gasteiger partial charge on any atom is -0.496 e. The summed E-state index contributed by atoms with van der Waals surface area (Å²) in [5.41, 5.74) is 5.14. The van der Waals surface area contributed by atoms with Crippen LogP contribution in [0.4, 0.5) is 0 Å². The van der Waals surface area contributed by atoms with E-state index in [0.29, 0.717) is 22.4 Å². The summed E-state index contributed by atoms with van der Waals surface area (Å²) >= 11 is 8.20. The molecule has 0 heterocycles. The molecule has 8 nitrogen and oxygen atoms in total. The molecule has 0 fully saturated rings. The lowest BCUT2D eigenvalue weighted by atomic mass is 10.2. The molecule has 0 atom stereocenters. The number of carbonyl (C=O) groups excluding carboxylic acids is 3. The number of rotatable bonds is 7. The molecule has 0 aliphatic heterocycles. The molecular weight excluding hydrogens is 426 g/mol. The van der Waals surface area contributed by atoms with Crippen molar-refractivity contribution in [3.63, 3.8) is 0 Å². The SMILES string of the molecule is CCCOC(=O)CCC(=O)NC(=S)NNC(=O)c1ccc(OC)c(Br)c1. The molecule has 0 aliphatic carbocycles. The highest BCUT2D eigenvalue weighted by molar-refractivity contribution is 9.10. The van der Waals surface area contributed by atoms with Crippen LogP contribution in [0.3, 0.4) is 0 Å². The van der Waals surface area contributed by atoms with Gasteiger partial charge in [0.15, 0.2) is 5.11 Å². The fourth-order valence-corrected chi connectivity index (χ4v) is 2.42. The number of hydrazine groups is 1. The van der Waals surface area contributed by atoms with Gasteiger partial charge < -0.3 is 14.8 Å². The number of benzene rings is 1. The Labute approximate surface area is 165 Å². The van der Waals surface area contributed by atoms with Gasteiger partial charge >= 0.3 is 5.97 Å². The van der Waals surface area contributed by atoms with Gasteiger partial charge in [0.25, 0.3) is 5.91 Å². The third kappa shape index (κ3) is 7.79. The predicted octanol–water partition coefficient (Wildman–Crippen LogP) is 1.83. The van der Waals surface area contributed by atoms with E-state index in [4.69, 9.17) is 21.7 Å². The normalized spacial score (nSPS) is 9.81. The molecule has 1 aromatic rings. The first-order valence-corrected chi connectivity index (χ1v) is 8.96. The maximum Gasteiger partial charge on any atom is 0.306 e. The Kier molecular flexibility index (Phi) is 9.60. The highest BCUT2D eigenvalue weighted by Crippen LogP contribution is 2.25. The molecule has 1 rings (SSSR count). The van der Waals surface area contributed by atoms with Gasteiger partial charge in [-0.1, -0.05) is 6.92 Å². The summed E-state index contributed by atoms with van der Waals surface area (Å²) in [6, 6.07) is 4.79. The average molecular weight is 446 g/mol. The number of hydrogen-bond acceptors (Lipinski definition) is 6. The van der Waals surface area contributed by atoms with Crippen LogP contribution in [0.5, 0.6) is 5.75 Å². The maximum absolute atomic E-state index is 12.0. The molecule has 26 heavy (non-hydrogen) atoms. The zero-order valence-corrected chi connectivity index (χ0v) is 16.8. The van der Waals surface area contributed by atoms with Gasteiger partial charge in [-0.2, -0.15) is 0 Å². The van der Waals surface area contributed by atoms with Gasteiger partial charge in [0.2, 0.25) is 5.91 Å². The first-order chi connectivity index (χ1) is 12.4. The summed E-state index contributed by atoms with van der Waals surface area (Å²) in [6.07, 6.45) is 0.612. The maximum atomic E-state index is 12.0. The predicted molar refractivity (Wildman–Crippen MR) is 103 cm³/mol. The minimum absolute atomic E-state index is 0.0410. The molecule has 142 valence electrons. The van der Waals surface area contributed by atoms with Crippen molar-refractivity contribution in [3.05, 3.63) is 28.2 Å². The Hall–Kier alpha value is -2.20. The fourth-order valence-electron chi connectivity index (χ4n) is 1.72. The van der Waals surface area contributed by atoms with Gasteiger partial charge in [0, 0.05) is 12.0 Å². The van der Waals surface area contributed by atoms with Crippen LogP contribution in [-0.4, -0.2) is 36.6 Å². The second-order valence-corrected chi connectivity index (χ2v) is 6.29. The van der Waals surface area contributed by atoms with Gasteiger partial charge in [-0.25, -0.2) is 0 Å². The summed E-state index contributed by atoms with van der Waals surface area (Å²) < 4.78 is 10.6. The van der Waals surface area contributed by atoms with E-state index in [9.17, 15) is 14.4 Å². The molecule has 0 saturated heterocycles. The number of esters is 1. The van der Waals surface area contributed by atoms with E-state index in [-0.39, 0.29) is 18.0 Å². The van der Waals surface area contributed by atoms with Crippen molar-refractivity contribution in [2.24, 2.45) is 0 Å². The Balaban J connectivity index is 2.37. The lowest BCUT2D eigenvalue weighted by Gasteiger charge is -2.11. The first-order valence-electron chi connectivity index (χ1n) is 7.76. The van der Waals surface area contributed by atoms with E-state index >= 15 is 0 Å². The molecule has 2 amide bonds. The van der Waals surface area contributed by atoms with Crippen molar-refractivity contribution in [1.29, 1.82) is 0 Å². The van der Waals surface area contributed by atoms with Crippen molar-refractivity contribution >= 4 is 51.0 Å². The summed E-state index contributed by atoms with van der Waals surface area (Å²) in [5, 5.41) is 2.27. The monoisotopic (exact) mass is 445 g/mol. The third-order valence-electron chi connectivity index (χ3n) is 2.98. The molecule has 0 bridgehead atoms. The van der Waals surface area contributed by atoms with Crippen LogP contribution >= 0.6 is 28.1 Å². The Morgan fingerprint density at radius 2 is 1.92 bits per heavy atom. The molecular formula is C16H20BrN3O5S. The summed E-state index contributed by atoms with van der Waals surface area (Å²) in [5.74, 6) is -0.764. The van der Waals surface area contributed by atoms with Crippen molar-refractivity contribution in [2.45, 2.75) is 26.2 Å². The number of hydrogen-bond donors (Lipinski definition) is 3. The van der Waals surface area contributed by atoms with E-state index < -0.39 is 17.8 Å². The van der Waals surface area contributed by atoms with Crippen molar-refractivity contribution in [2.75, 3.05) is 13.7 Å². The van der Waals surface area contributed by atoms with Crippen LogP contribution in [-0.2, 0) is 14.3 Å². The number of nitrogens with one attached hydrogen (secondary N) is 3. The minimum atomic E-state index is -0.461. The van der Waals surface area contributed by atoms with Gasteiger partial charge in [-0.3, -0.25) is 25.2 Å². The molecule has 1 aromatic carbocycles. The highest BCUT2D eigenvalue weighted by atomic mass is 79.9. The standard InChI is InChI=1S/C16H20BrN3O5S/c1-3-8-25-14(22)7-6-13(21)18-16(26)20-19-15(23)10-4-5-12(24-2)11(17)9-10/h4-5,9H,3,6-8H2,1-2H3,(H,19,23)(H2,18,20,21,26). The van der Waals surface area contributed by atoms with E-state index in [2.05, 4.69) is 32.1 Å². The summed E-state index contributed by atoms with van der Waals surface area (Å²) in [7, 11) is 1.52. The zero-order chi connectivity index (χ0) is 19.5. The Morgan fingerprint density at radius 3 is 2.54 bits per heavy atom. The molecule has 3 N–H and O–H groups in total. The van der Waals surface area contributed by atoms with Crippen LogP contribution in [0.25, 0.3) is 0 Å².